The standard InChI is InChI=1S/C16H24Cl2N2Si/c1-19(2)11-13-7-5-9-15(13)21(17,18)16-10-6-8-14(16)12-20(3)4/h5-10,15-16H,11-12H2,1-4H3. The quantitative estimate of drug-likeness (QED) is 0.535. The molecule has 0 fully saturated rings. The number of nitrogens with zero attached hydrogens (tertiary/aromatic N) is 2. The summed E-state index contributed by atoms with van der Waals surface area (Å²) in [5.41, 5.74) is 3.06. The van der Waals surface area contributed by atoms with Crippen LogP contribution < -0.4 is 0 Å². The fourth-order valence-corrected chi connectivity index (χ4v) is 8.05. The molecule has 2 rings (SSSR count). The van der Waals surface area contributed by atoms with E-state index in [0.29, 0.717) is 0 Å². The molecule has 5 heteroatoms. The molecular weight excluding hydrogens is 319 g/mol. The Morgan fingerprint density at radius 1 is 0.857 bits per heavy atom. The Morgan fingerprint density at radius 2 is 1.24 bits per heavy atom. The molecule has 0 saturated heterocycles. The molecule has 0 aromatic heterocycles. The van der Waals surface area contributed by atoms with Gasteiger partial charge in [-0.1, -0.05) is 36.5 Å². The van der Waals surface area contributed by atoms with E-state index in [2.05, 4.69) is 74.4 Å². The van der Waals surface area contributed by atoms with Crippen LogP contribution in [0.15, 0.2) is 47.6 Å². The molecule has 0 aromatic carbocycles. The van der Waals surface area contributed by atoms with E-state index in [1.165, 1.54) is 11.1 Å². The summed E-state index contributed by atoms with van der Waals surface area (Å²) in [6.45, 7) is -0.693. The van der Waals surface area contributed by atoms with E-state index in [1.807, 2.05) is 0 Å². The van der Waals surface area contributed by atoms with Gasteiger partial charge in [-0.3, -0.25) is 0 Å². The van der Waals surface area contributed by atoms with Crippen LogP contribution in [0.1, 0.15) is 0 Å². The Hall–Kier alpha value is -0.323. The van der Waals surface area contributed by atoms with Crippen molar-refractivity contribution in [3.63, 3.8) is 0 Å². The van der Waals surface area contributed by atoms with Crippen LogP contribution in [0, 0.1) is 0 Å². The minimum atomic E-state index is -2.52. The molecule has 116 valence electrons. The molecule has 2 aliphatic rings. The molecular formula is C16H24Cl2N2Si. The number of rotatable bonds is 6. The van der Waals surface area contributed by atoms with E-state index >= 15 is 0 Å². The summed E-state index contributed by atoms with van der Waals surface area (Å²) >= 11 is 14.0. The molecule has 0 aromatic rings. The predicted molar refractivity (Wildman–Crippen MR) is 96.5 cm³/mol. The average Bonchev–Trinajstić information content (AvgIpc) is 2.96. The van der Waals surface area contributed by atoms with E-state index < -0.39 is 6.69 Å². The molecule has 0 N–H and O–H groups in total. The minimum Gasteiger partial charge on any atom is -0.305 e. The van der Waals surface area contributed by atoms with Gasteiger partial charge in [-0.05, 0) is 39.3 Å². The number of likely N-dealkylation sites (N-methyl/N-ethyl adjacent to an activating group) is 2. The summed E-state index contributed by atoms with van der Waals surface area (Å²) in [5.74, 6) is 0. The second kappa shape index (κ2) is 6.84. The van der Waals surface area contributed by atoms with Gasteiger partial charge in [-0.2, -0.15) is 0 Å². The van der Waals surface area contributed by atoms with Crippen LogP contribution in [0.3, 0.4) is 0 Å². The third-order valence-electron chi connectivity index (χ3n) is 3.85. The van der Waals surface area contributed by atoms with E-state index in [-0.39, 0.29) is 11.1 Å². The summed E-state index contributed by atoms with van der Waals surface area (Å²) in [4.78, 5) is 4.34. The highest BCUT2D eigenvalue weighted by Gasteiger charge is 2.48. The van der Waals surface area contributed by atoms with Crippen molar-refractivity contribution in [2.45, 2.75) is 11.1 Å². The zero-order valence-electron chi connectivity index (χ0n) is 13.2. The zero-order valence-corrected chi connectivity index (χ0v) is 15.7. The lowest BCUT2D eigenvalue weighted by Gasteiger charge is -2.33. The van der Waals surface area contributed by atoms with Gasteiger partial charge in [0.2, 0.25) is 0 Å². The number of hydrogen-bond donors (Lipinski definition) is 0. The van der Waals surface area contributed by atoms with Crippen molar-refractivity contribution in [1.29, 1.82) is 0 Å². The molecule has 0 bridgehead atoms. The van der Waals surface area contributed by atoms with Crippen LogP contribution in [0.25, 0.3) is 0 Å². The minimum absolute atomic E-state index is 0.196. The van der Waals surface area contributed by atoms with Gasteiger partial charge in [0, 0.05) is 24.2 Å². The highest BCUT2D eigenvalue weighted by Crippen LogP contribution is 2.51. The van der Waals surface area contributed by atoms with Gasteiger partial charge < -0.3 is 9.80 Å². The largest absolute Gasteiger partial charge is 0.305 e. The highest BCUT2D eigenvalue weighted by atomic mass is 35.7. The number of halogens is 2. The van der Waals surface area contributed by atoms with Gasteiger partial charge >= 0.3 is 0 Å². The SMILES string of the molecule is CN(C)CC1=CC=CC1[Si](Cl)(Cl)C1C=CC=C1CN(C)C. The lowest BCUT2D eigenvalue weighted by Crippen LogP contribution is -2.36. The van der Waals surface area contributed by atoms with Crippen molar-refractivity contribution in [3.05, 3.63) is 47.6 Å². The first-order valence-electron chi connectivity index (χ1n) is 7.24. The first kappa shape index (κ1) is 17.0. The summed E-state index contributed by atoms with van der Waals surface area (Å²) in [6.07, 6.45) is 12.9. The maximum Gasteiger partial charge on any atom is 0.272 e. The maximum absolute atomic E-state index is 6.99. The summed E-state index contributed by atoms with van der Waals surface area (Å²) in [6, 6.07) is 0. The lowest BCUT2D eigenvalue weighted by molar-refractivity contribution is 0.440. The van der Waals surface area contributed by atoms with Crippen LogP contribution in [-0.2, 0) is 0 Å². The van der Waals surface area contributed by atoms with Gasteiger partial charge in [-0.15, -0.1) is 22.2 Å². The summed E-state index contributed by atoms with van der Waals surface area (Å²) < 4.78 is 0. The first-order valence-corrected chi connectivity index (χ1v) is 11.4. The Morgan fingerprint density at radius 3 is 1.57 bits per heavy atom. The van der Waals surface area contributed by atoms with E-state index in [4.69, 9.17) is 22.2 Å². The number of allylic oxidation sites excluding steroid dienone is 6. The fourth-order valence-electron chi connectivity index (χ4n) is 3.01. The average molecular weight is 343 g/mol. The molecule has 2 aliphatic carbocycles. The van der Waals surface area contributed by atoms with Crippen molar-refractivity contribution in [2.24, 2.45) is 0 Å². The normalized spacial score (nSPS) is 25.1. The zero-order chi connectivity index (χ0) is 15.6. The molecule has 2 unspecified atom stereocenters. The van der Waals surface area contributed by atoms with E-state index in [0.717, 1.165) is 13.1 Å². The lowest BCUT2D eigenvalue weighted by atomic mass is 10.2. The topological polar surface area (TPSA) is 6.48 Å². The maximum atomic E-state index is 6.99. The second-order valence-corrected chi connectivity index (χ2v) is 13.3. The molecule has 0 radical (unpaired) electrons. The van der Waals surface area contributed by atoms with Gasteiger partial charge in [0.15, 0.2) is 0 Å². The van der Waals surface area contributed by atoms with E-state index in [1.54, 1.807) is 0 Å². The molecule has 0 saturated carbocycles. The molecule has 2 nitrogen and oxygen atoms in total. The number of hydrogen-bond acceptors (Lipinski definition) is 2. The summed E-state index contributed by atoms with van der Waals surface area (Å²) in [5, 5.41) is 0. The van der Waals surface area contributed by atoms with Crippen molar-refractivity contribution in [2.75, 3.05) is 41.3 Å². The monoisotopic (exact) mass is 342 g/mol. The van der Waals surface area contributed by atoms with Gasteiger partial charge in [0.1, 0.15) is 0 Å². The summed E-state index contributed by atoms with van der Waals surface area (Å²) in [7, 11) is 8.31. The van der Waals surface area contributed by atoms with Crippen molar-refractivity contribution in [3.8, 4) is 0 Å². The van der Waals surface area contributed by atoms with Crippen LogP contribution >= 0.6 is 22.2 Å². The molecule has 0 amide bonds. The second-order valence-electron chi connectivity index (χ2n) is 6.36. The Bertz CT molecular complexity index is 460. The smallest absolute Gasteiger partial charge is 0.272 e. The molecule has 2 atom stereocenters. The van der Waals surface area contributed by atoms with Gasteiger partial charge in [0.25, 0.3) is 6.69 Å². The third kappa shape index (κ3) is 3.91. The Labute approximate surface area is 138 Å². The Balaban J connectivity index is 2.18. The van der Waals surface area contributed by atoms with Crippen LogP contribution in [-0.4, -0.2) is 57.8 Å². The van der Waals surface area contributed by atoms with E-state index in [9.17, 15) is 0 Å². The van der Waals surface area contributed by atoms with Crippen LogP contribution in [0.5, 0.6) is 0 Å². The molecule has 0 heterocycles. The fraction of sp³-hybridized carbons (Fsp3) is 0.500. The highest BCUT2D eigenvalue weighted by molar-refractivity contribution is 7.47. The Kier molecular flexibility index (Phi) is 5.55. The molecule has 21 heavy (non-hydrogen) atoms. The third-order valence-corrected chi connectivity index (χ3v) is 9.46. The van der Waals surface area contributed by atoms with Crippen molar-refractivity contribution in [1.82, 2.24) is 9.80 Å². The van der Waals surface area contributed by atoms with Gasteiger partial charge in [0.05, 0.1) is 0 Å². The predicted octanol–water partition coefficient (Wildman–Crippen LogP) is 3.76. The van der Waals surface area contributed by atoms with Crippen molar-refractivity contribution >= 4 is 28.9 Å². The van der Waals surface area contributed by atoms with Crippen LogP contribution in [0.4, 0.5) is 0 Å². The van der Waals surface area contributed by atoms with Crippen molar-refractivity contribution < 1.29 is 0 Å². The van der Waals surface area contributed by atoms with Crippen LogP contribution in [0.2, 0.25) is 11.1 Å². The molecule has 0 spiro atoms. The molecule has 0 aliphatic heterocycles. The first-order chi connectivity index (χ1) is 9.82. The van der Waals surface area contributed by atoms with Gasteiger partial charge in [-0.25, -0.2) is 0 Å².